The van der Waals surface area contributed by atoms with Gasteiger partial charge in [-0.3, -0.25) is 0 Å². The molecule has 96 valence electrons. The Bertz CT molecular complexity index is 155. The molecule has 0 spiro atoms. The van der Waals surface area contributed by atoms with E-state index < -0.39 is 0 Å². The maximum absolute atomic E-state index is 9.21. The average molecular weight is 228 g/mol. The van der Waals surface area contributed by atoms with E-state index in [0.717, 1.165) is 12.3 Å². The highest BCUT2D eigenvalue weighted by Gasteiger charge is 2.29. The van der Waals surface area contributed by atoms with Crippen LogP contribution in [0, 0.1) is 11.8 Å². The molecule has 1 aliphatic rings. The van der Waals surface area contributed by atoms with E-state index in [1.54, 1.807) is 0 Å². The van der Waals surface area contributed by atoms with Crippen LogP contribution in [0.3, 0.4) is 0 Å². The first-order valence-electron chi connectivity index (χ1n) is 7.10. The molecule has 16 heavy (non-hydrogen) atoms. The fourth-order valence-corrected chi connectivity index (χ4v) is 2.45. The van der Waals surface area contributed by atoms with Crippen molar-refractivity contribution in [3.05, 3.63) is 0 Å². The predicted octanol–water partition coefficient (Wildman–Crippen LogP) is 3.12. The van der Waals surface area contributed by atoms with Gasteiger partial charge in [0.15, 0.2) is 0 Å². The minimum atomic E-state index is 0.347. The molecule has 2 N–H and O–H groups in total. The Kier molecular flexibility index (Phi) is 7.87. The van der Waals surface area contributed by atoms with Crippen LogP contribution in [-0.4, -0.2) is 23.4 Å². The minimum absolute atomic E-state index is 0.347. The normalized spacial score (nSPS) is 17.6. The summed E-state index contributed by atoms with van der Waals surface area (Å²) in [4.78, 5) is 0. The van der Waals surface area contributed by atoms with Crippen molar-refractivity contribution in [3.8, 4) is 0 Å². The van der Waals surface area contributed by atoms with Gasteiger partial charge < -0.3 is 10.2 Å². The first kappa shape index (κ1) is 14.0. The van der Waals surface area contributed by atoms with Crippen LogP contribution in [0.1, 0.15) is 64.2 Å². The van der Waals surface area contributed by atoms with Gasteiger partial charge in [-0.25, -0.2) is 0 Å². The lowest BCUT2D eigenvalue weighted by molar-refractivity contribution is 0.198. The van der Waals surface area contributed by atoms with Crippen molar-refractivity contribution in [2.45, 2.75) is 64.2 Å². The number of hydrogen-bond acceptors (Lipinski definition) is 2. The molecule has 1 fully saturated rings. The number of aliphatic hydroxyl groups is 2. The second-order valence-corrected chi connectivity index (χ2v) is 5.27. The molecule has 1 aliphatic carbocycles. The second kappa shape index (κ2) is 9.00. The number of aliphatic hydroxyl groups excluding tert-OH is 2. The molecule has 1 atom stereocenters. The van der Waals surface area contributed by atoms with Gasteiger partial charge in [0, 0.05) is 13.2 Å². The molecule has 0 amide bonds. The Hall–Kier alpha value is -0.0800. The topological polar surface area (TPSA) is 40.5 Å². The van der Waals surface area contributed by atoms with E-state index in [1.165, 1.54) is 57.8 Å². The zero-order valence-electron chi connectivity index (χ0n) is 10.5. The van der Waals surface area contributed by atoms with Crippen LogP contribution in [0.15, 0.2) is 0 Å². The quantitative estimate of drug-likeness (QED) is 0.533. The van der Waals surface area contributed by atoms with Crippen molar-refractivity contribution in [3.63, 3.8) is 0 Å². The van der Waals surface area contributed by atoms with Crippen molar-refractivity contribution in [1.29, 1.82) is 0 Å². The third-order valence-corrected chi connectivity index (χ3v) is 3.76. The SMILES string of the molecule is OCCCCCCCCCC(CO)C1CC1. The summed E-state index contributed by atoms with van der Waals surface area (Å²) in [6, 6.07) is 0. The molecule has 1 rings (SSSR count). The molecule has 1 unspecified atom stereocenters. The molecule has 0 bridgehead atoms. The van der Waals surface area contributed by atoms with Crippen molar-refractivity contribution in [1.82, 2.24) is 0 Å². The van der Waals surface area contributed by atoms with E-state index in [2.05, 4.69) is 0 Å². The van der Waals surface area contributed by atoms with E-state index in [0.29, 0.717) is 19.1 Å². The van der Waals surface area contributed by atoms with Crippen LogP contribution < -0.4 is 0 Å². The molecule has 0 heterocycles. The Labute approximate surface area is 100 Å². The lowest BCUT2D eigenvalue weighted by Gasteiger charge is -2.12. The summed E-state index contributed by atoms with van der Waals surface area (Å²) in [5, 5.41) is 17.8. The second-order valence-electron chi connectivity index (χ2n) is 5.27. The Balaban J connectivity index is 1.80. The number of rotatable bonds is 11. The zero-order valence-corrected chi connectivity index (χ0v) is 10.5. The smallest absolute Gasteiger partial charge is 0.0461 e. The standard InChI is InChI=1S/C14H28O2/c15-11-7-5-3-1-2-4-6-8-14(12-16)13-9-10-13/h13-16H,1-12H2. The fourth-order valence-electron chi connectivity index (χ4n) is 2.45. The molecular weight excluding hydrogens is 200 g/mol. The molecular formula is C14H28O2. The van der Waals surface area contributed by atoms with Gasteiger partial charge in [-0.1, -0.05) is 38.5 Å². The van der Waals surface area contributed by atoms with Gasteiger partial charge in [-0.05, 0) is 37.5 Å². The maximum atomic E-state index is 9.21. The van der Waals surface area contributed by atoms with E-state index in [-0.39, 0.29) is 0 Å². The van der Waals surface area contributed by atoms with Crippen LogP contribution in [0.2, 0.25) is 0 Å². The van der Waals surface area contributed by atoms with Crippen LogP contribution in [0.5, 0.6) is 0 Å². The summed E-state index contributed by atoms with van der Waals surface area (Å²) >= 11 is 0. The van der Waals surface area contributed by atoms with Crippen molar-refractivity contribution >= 4 is 0 Å². The highest BCUT2D eigenvalue weighted by molar-refractivity contribution is 4.80. The molecule has 0 aromatic heterocycles. The third-order valence-electron chi connectivity index (χ3n) is 3.76. The predicted molar refractivity (Wildman–Crippen MR) is 67.3 cm³/mol. The van der Waals surface area contributed by atoms with Gasteiger partial charge in [-0.2, -0.15) is 0 Å². The number of hydrogen-bond donors (Lipinski definition) is 2. The van der Waals surface area contributed by atoms with Crippen molar-refractivity contribution in [2.75, 3.05) is 13.2 Å². The minimum Gasteiger partial charge on any atom is -0.396 e. The van der Waals surface area contributed by atoms with Gasteiger partial charge in [-0.15, -0.1) is 0 Å². The summed E-state index contributed by atoms with van der Waals surface area (Å²) in [5.74, 6) is 1.46. The molecule has 2 nitrogen and oxygen atoms in total. The summed E-state index contributed by atoms with van der Waals surface area (Å²) < 4.78 is 0. The summed E-state index contributed by atoms with van der Waals surface area (Å²) in [6.07, 6.45) is 12.6. The highest BCUT2D eigenvalue weighted by atomic mass is 16.3. The van der Waals surface area contributed by atoms with E-state index in [1.807, 2.05) is 0 Å². The first-order chi connectivity index (χ1) is 7.88. The summed E-state index contributed by atoms with van der Waals surface area (Å²) in [7, 11) is 0. The molecule has 0 aliphatic heterocycles. The molecule has 1 saturated carbocycles. The third kappa shape index (κ3) is 6.49. The molecule has 0 aromatic carbocycles. The highest BCUT2D eigenvalue weighted by Crippen LogP contribution is 2.39. The molecule has 0 aromatic rings. The van der Waals surface area contributed by atoms with Crippen LogP contribution in [0.4, 0.5) is 0 Å². The van der Waals surface area contributed by atoms with E-state index in [9.17, 15) is 5.11 Å². The van der Waals surface area contributed by atoms with Crippen LogP contribution >= 0.6 is 0 Å². The molecule has 0 radical (unpaired) electrons. The zero-order chi connectivity index (χ0) is 11.6. The Morgan fingerprint density at radius 2 is 1.38 bits per heavy atom. The lowest BCUT2D eigenvalue weighted by Crippen LogP contribution is -2.08. The molecule has 2 heteroatoms. The maximum Gasteiger partial charge on any atom is 0.0461 e. The van der Waals surface area contributed by atoms with Gasteiger partial charge >= 0.3 is 0 Å². The first-order valence-corrected chi connectivity index (χ1v) is 7.10. The van der Waals surface area contributed by atoms with Crippen LogP contribution in [-0.2, 0) is 0 Å². The monoisotopic (exact) mass is 228 g/mol. The van der Waals surface area contributed by atoms with Gasteiger partial charge in [0.25, 0.3) is 0 Å². The van der Waals surface area contributed by atoms with E-state index in [4.69, 9.17) is 5.11 Å². The molecule has 0 saturated heterocycles. The van der Waals surface area contributed by atoms with E-state index >= 15 is 0 Å². The van der Waals surface area contributed by atoms with Crippen LogP contribution in [0.25, 0.3) is 0 Å². The summed E-state index contributed by atoms with van der Waals surface area (Å²) in [6.45, 7) is 0.751. The fraction of sp³-hybridized carbons (Fsp3) is 1.00. The van der Waals surface area contributed by atoms with Gasteiger partial charge in [0.05, 0.1) is 0 Å². The average Bonchev–Trinajstić information content (AvgIpc) is 3.11. The van der Waals surface area contributed by atoms with Crippen molar-refractivity contribution in [2.24, 2.45) is 11.8 Å². The Morgan fingerprint density at radius 3 is 1.88 bits per heavy atom. The van der Waals surface area contributed by atoms with Gasteiger partial charge in [0.2, 0.25) is 0 Å². The largest absolute Gasteiger partial charge is 0.396 e. The lowest BCUT2D eigenvalue weighted by atomic mass is 9.96. The Morgan fingerprint density at radius 1 is 0.812 bits per heavy atom. The van der Waals surface area contributed by atoms with Crippen molar-refractivity contribution < 1.29 is 10.2 Å². The van der Waals surface area contributed by atoms with Gasteiger partial charge in [0.1, 0.15) is 0 Å². The number of unbranched alkanes of at least 4 members (excludes halogenated alkanes) is 6. The summed E-state index contributed by atoms with van der Waals surface area (Å²) in [5.41, 5.74) is 0.